The molecule has 0 saturated heterocycles. The second kappa shape index (κ2) is 7.21. The first-order valence-corrected chi connectivity index (χ1v) is 4.50. The summed E-state index contributed by atoms with van der Waals surface area (Å²) >= 11 is 5.76. The monoisotopic (exact) mass is 216 g/mol. The smallest absolute Gasteiger partial charge is 0.290 e. The highest BCUT2D eigenvalue weighted by Crippen LogP contribution is 2.21. The summed E-state index contributed by atoms with van der Waals surface area (Å²) in [4.78, 5) is 8.36. The lowest BCUT2D eigenvalue weighted by atomic mass is 10.2. The molecule has 0 fully saturated rings. The molecule has 0 unspecified atom stereocenters. The van der Waals surface area contributed by atoms with Gasteiger partial charge in [-0.05, 0) is 37.6 Å². The number of ether oxygens (including phenoxy) is 1. The number of benzene rings is 1. The Labute approximate surface area is 88.3 Å². The van der Waals surface area contributed by atoms with Crippen molar-refractivity contribution in [2.75, 3.05) is 6.61 Å². The van der Waals surface area contributed by atoms with Gasteiger partial charge >= 0.3 is 0 Å². The Bertz CT molecular complexity index is 287. The zero-order chi connectivity index (χ0) is 11.0. The summed E-state index contributed by atoms with van der Waals surface area (Å²) < 4.78 is 5.33. The van der Waals surface area contributed by atoms with Gasteiger partial charge in [-0.1, -0.05) is 11.6 Å². The van der Waals surface area contributed by atoms with Gasteiger partial charge in [0.25, 0.3) is 6.47 Å². The van der Waals surface area contributed by atoms with Crippen LogP contribution in [0.1, 0.15) is 12.5 Å². The third kappa shape index (κ3) is 4.72. The molecule has 0 amide bonds. The van der Waals surface area contributed by atoms with E-state index < -0.39 is 0 Å². The summed E-state index contributed by atoms with van der Waals surface area (Å²) in [7, 11) is 0. The highest BCUT2D eigenvalue weighted by atomic mass is 35.5. The van der Waals surface area contributed by atoms with Gasteiger partial charge in [0, 0.05) is 5.02 Å². The largest absolute Gasteiger partial charge is 0.494 e. The van der Waals surface area contributed by atoms with Gasteiger partial charge in [-0.15, -0.1) is 0 Å². The highest BCUT2D eigenvalue weighted by molar-refractivity contribution is 6.30. The van der Waals surface area contributed by atoms with Gasteiger partial charge in [-0.25, -0.2) is 0 Å². The van der Waals surface area contributed by atoms with Gasteiger partial charge in [-0.3, -0.25) is 4.79 Å². The fourth-order valence-corrected chi connectivity index (χ4v) is 1.16. The quantitative estimate of drug-likeness (QED) is 0.774. The Morgan fingerprint density at radius 3 is 2.57 bits per heavy atom. The van der Waals surface area contributed by atoms with E-state index in [0.717, 1.165) is 16.3 Å². The van der Waals surface area contributed by atoms with Gasteiger partial charge in [0.15, 0.2) is 0 Å². The number of hydrogen-bond acceptors (Lipinski definition) is 2. The molecule has 0 atom stereocenters. The van der Waals surface area contributed by atoms with Gasteiger partial charge in [0.05, 0.1) is 6.61 Å². The highest BCUT2D eigenvalue weighted by Gasteiger charge is 1.97. The zero-order valence-electron chi connectivity index (χ0n) is 8.16. The van der Waals surface area contributed by atoms with Crippen LogP contribution in [0.15, 0.2) is 18.2 Å². The topological polar surface area (TPSA) is 46.5 Å². The van der Waals surface area contributed by atoms with Crippen molar-refractivity contribution in [3.8, 4) is 5.75 Å². The molecule has 0 aliphatic carbocycles. The molecule has 0 saturated carbocycles. The minimum absolute atomic E-state index is 0.250. The number of aryl methyl sites for hydroxylation is 1. The number of carboxylic acid groups (broad SMARTS) is 1. The van der Waals surface area contributed by atoms with Crippen molar-refractivity contribution >= 4 is 18.1 Å². The van der Waals surface area contributed by atoms with Crippen LogP contribution in [-0.2, 0) is 4.79 Å². The van der Waals surface area contributed by atoms with Crippen molar-refractivity contribution < 1.29 is 14.6 Å². The fourth-order valence-electron chi connectivity index (χ4n) is 0.930. The van der Waals surface area contributed by atoms with Gasteiger partial charge in [0.1, 0.15) is 5.75 Å². The molecule has 0 radical (unpaired) electrons. The van der Waals surface area contributed by atoms with Crippen LogP contribution in [0.2, 0.25) is 5.02 Å². The molecule has 1 aromatic carbocycles. The first-order valence-electron chi connectivity index (χ1n) is 4.12. The van der Waals surface area contributed by atoms with E-state index in [4.69, 9.17) is 26.2 Å². The molecular weight excluding hydrogens is 204 g/mol. The van der Waals surface area contributed by atoms with E-state index in [1.54, 1.807) is 0 Å². The van der Waals surface area contributed by atoms with E-state index in [9.17, 15) is 0 Å². The maximum absolute atomic E-state index is 8.36. The van der Waals surface area contributed by atoms with Crippen LogP contribution in [0.25, 0.3) is 0 Å². The van der Waals surface area contributed by atoms with E-state index in [1.807, 2.05) is 32.0 Å². The fraction of sp³-hybridized carbons (Fsp3) is 0.300. The van der Waals surface area contributed by atoms with Crippen molar-refractivity contribution in [1.29, 1.82) is 0 Å². The second-order valence-electron chi connectivity index (χ2n) is 2.45. The lowest BCUT2D eigenvalue weighted by molar-refractivity contribution is -0.122. The maximum atomic E-state index is 8.36. The SMILES string of the molecule is CCOc1ccc(Cl)cc1C.O=CO. The number of hydrogen-bond donors (Lipinski definition) is 1. The van der Waals surface area contributed by atoms with E-state index >= 15 is 0 Å². The molecule has 0 spiro atoms. The molecule has 0 aliphatic heterocycles. The van der Waals surface area contributed by atoms with Crippen LogP contribution >= 0.6 is 11.6 Å². The zero-order valence-corrected chi connectivity index (χ0v) is 8.91. The lowest BCUT2D eigenvalue weighted by Crippen LogP contribution is -1.92. The Morgan fingerprint density at radius 1 is 1.57 bits per heavy atom. The van der Waals surface area contributed by atoms with E-state index in [-0.39, 0.29) is 6.47 Å². The predicted octanol–water partition coefficient (Wildman–Crippen LogP) is 2.75. The van der Waals surface area contributed by atoms with Crippen molar-refractivity contribution in [3.05, 3.63) is 28.8 Å². The normalized spacial score (nSPS) is 8.50. The molecule has 1 rings (SSSR count). The molecule has 1 N–H and O–H groups in total. The third-order valence-corrected chi connectivity index (χ3v) is 1.67. The predicted molar refractivity (Wildman–Crippen MR) is 56.1 cm³/mol. The average Bonchev–Trinajstić information content (AvgIpc) is 2.11. The Morgan fingerprint density at radius 2 is 2.14 bits per heavy atom. The van der Waals surface area contributed by atoms with Gasteiger partial charge in [-0.2, -0.15) is 0 Å². The summed E-state index contributed by atoms with van der Waals surface area (Å²) in [6.45, 7) is 4.40. The third-order valence-electron chi connectivity index (χ3n) is 1.44. The van der Waals surface area contributed by atoms with Crippen molar-refractivity contribution in [3.63, 3.8) is 0 Å². The minimum Gasteiger partial charge on any atom is -0.494 e. The molecule has 14 heavy (non-hydrogen) atoms. The van der Waals surface area contributed by atoms with E-state index in [1.165, 1.54) is 0 Å². The summed E-state index contributed by atoms with van der Waals surface area (Å²) in [6.07, 6.45) is 0. The molecule has 78 valence electrons. The van der Waals surface area contributed by atoms with Gasteiger partial charge in [0.2, 0.25) is 0 Å². The maximum Gasteiger partial charge on any atom is 0.290 e. The Hall–Kier alpha value is -1.22. The Balaban J connectivity index is 0.000000500. The van der Waals surface area contributed by atoms with Crippen LogP contribution in [-0.4, -0.2) is 18.2 Å². The molecule has 0 aromatic heterocycles. The number of carbonyl (C=O) groups is 1. The standard InChI is InChI=1S/C9H11ClO.CH2O2/c1-3-11-9-5-4-8(10)6-7(9)2;2-1-3/h4-6H,3H2,1-2H3;1H,(H,2,3). The van der Waals surface area contributed by atoms with Gasteiger partial charge < -0.3 is 9.84 Å². The number of halogens is 1. The molecule has 1 aromatic rings. The molecule has 0 aliphatic rings. The average molecular weight is 217 g/mol. The summed E-state index contributed by atoms with van der Waals surface area (Å²) in [5.74, 6) is 0.914. The van der Waals surface area contributed by atoms with Crippen LogP contribution < -0.4 is 4.74 Å². The molecule has 4 heteroatoms. The first kappa shape index (κ1) is 12.8. The van der Waals surface area contributed by atoms with Crippen LogP contribution in [0.3, 0.4) is 0 Å². The van der Waals surface area contributed by atoms with Crippen LogP contribution in [0.5, 0.6) is 5.75 Å². The van der Waals surface area contributed by atoms with Crippen LogP contribution in [0, 0.1) is 6.92 Å². The summed E-state index contributed by atoms with van der Waals surface area (Å²) in [6, 6.07) is 5.62. The molecular formula is C10H13ClO3. The molecule has 0 heterocycles. The van der Waals surface area contributed by atoms with E-state index in [0.29, 0.717) is 6.61 Å². The van der Waals surface area contributed by atoms with E-state index in [2.05, 4.69) is 0 Å². The van der Waals surface area contributed by atoms with Crippen molar-refractivity contribution in [1.82, 2.24) is 0 Å². The molecule has 3 nitrogen and oxygen atoms in total. The van der Waals surface area contributed by atoms with Crippen LogP contribution in [0.4, 0.5) is 0 Å². The minimum atomic E-state index is -0.250. The second-order valence-corrected chi connectivity index (χ2v) is 2.88. The Kier molecular flexibility index (Phi) is 6.58. The first-order chi connectivity index (χ1) is 6.65. The molecule has 0 bridgehead atoms. The lowest BCUT2D eigenvalue weighted by Gasteiger charge is -2.05. The van der Waals surface area contributed by atoms with Crippen molar-refractivity contribution in [2.45, 2.75) is 13.8 Å². The summed E-state index contributed by atoms with van der Waals surface area (Å²) in [5, 5.41) is 7.64. The number of rotatable bonds is 2. The summed E-state index contributed by atoms with van der Waals surface area (Å²) in [5.41, 5.74) is 1.08. The van der Waals surface area contributed by atoms with Crippen molar-refractivity contribution in [2.24, 2.45) is 0 Å².